The predicted octanol–water partition coefficient (Wildman–Crippen LogP) is 4.97. The van der Waals surface area contributed by atoms with Gasteiger partial charge in [0, 0.05) is 36.3 Å². The van der Waals surface area contributed by atoms with Gasteiger partial charge in [-0.3, -0.25) is 15.1 Å². The second-order valence-electron chi connectivity index (χ2n) is 12.9. The first-order valence-electron chi connectivity index (χ1n) is 15.1. The summed E-state index contributed by atoms with van der Waals surface area (Å²) in [6.45, 7) is 8.54. The summed E-state index contributed by atoms with van der Waals surface area (Å²) in [6, 6.07) is 18.3. The van der Waals surface area contributed by atoms with E-state index >= 15 is 0 Å². The molecule has 5 rings (SSSR count). The fraction of sp³-hybridized carbons (Fsp3) is 0.455. The summed E-state index contributed by atoms with van der Waals surface area (Å²) in [5, 5.41) is 13.7. The van der Waals surface area contributed by atoms with E-state index in [0.29, 0.717) is 11.7 Å². The number of amides is 3. The highest BCUT2D eigenvalue weighted by atomic mass is 16.2. The lowest BCUT2D eigenvalue weighted by molar-refractivity contribution is -0.135. The summed E-state index contributed by atoms with van der Waals surface area (Å²) >= 11 is 0. The molecule has 10 heteroatoms. The van der Waals surface area contributed by atoms with Crippen LogP contribution >= 0.6 is 0 Å². The highest BCUT2D eigenvalue weighted by Gasteiger charge is 2.42. The molecule has 0 radical (unpaired) electrons. The number of benzene rings is 2. The minimum atomic E-state index is -0.321. The van der Waals surface area contributed by atoms with E-state index in [4.69, 9.17) is 10.8 Å². The fourth-order valence-corrected chi connectivity index (χ4v) is 6.31. The average molecular weight is 585 g/mol. The molecule has 2 bridgehead atoms. The number of guanidine groups is 1. The number of nitrogens with two attached hydrogens (primary N) is 1. The number of nitrogens with one attached hydrogen (secondary N) is 3. The molecule has 2 aromatic carbocycles. The van der Waals surface area contributed by atoms with E-state index in [1.807, 2.05) is 55.5 Å². The highest BCUT2D eigenvalue weighted by Crippen LogP contribution is 2.40. The monoisotopic (exact) mass is 584 g/mol. The van der Waals surface area contributed by atoms with Crippen LogP contribution in [0.5, 0.6) is 0 Å². The third-order valence-electron chi connectivity index (χ3n) is 8.49. The van der Waals surface area contributed by atoms with Crippen LogP contribution in [-0.4, -0.2) is 58.3 Å². The Morgan fingerprint density at radius 1 is 1.02 bits per heavy atom. The van der Waals surface area contributed by atoms with E-state index in [2.05, 4.69) is 52.7 Å². The number of nitrogens with zero attached hydrogens (tertiary/aromatic N) is 4. The van der Waals surface area contributed by atoms with Gasteiger partial charge in [0.25, 0.3) is 0 Å². The van der Waals surface area contributed by atoms with Crippen LogP contribution in [-0.2, 0) is 16.6 Å². The number of carbonyl (C=O) groups is 2. The van der Waals surface area contributed by atoms with Crippen molar-refractivity contribution >= 4 is 29.4 Å². The molecule has 2 fully saturated rings. The van der Waals surface area contributed by atoms with Gasteiger partial charge in [0.15, 0.2) is 5.96 Å². The van der Waals surface area contributed by atoms with Gasteiger partial charge in [-0.15, -0.1) is 0 Å². The summed E-state index contributed by atoms with van der Waals surface area (Å²) < 4.78 is 1.78. The Kier molecular flexibility index (Phi) is 8.75. The number of hydrogen-bond donors (Lipinski definition) is 4. The van der Waals surface area contributed by atoms with E-state index in [9.17, 15) is 9.59 Å². The van der Waals surface area contributed by atoms with Crippen molar-refractivity contribution < 1.29 is 9.59 Å². The van der Waals surface area contributed by atoms with E-state index < -0.39 is 0 Å². The molecule has 5 N–H and O–H groups in total. The smallest absolute Gasteiger partial charge is 0.324 e. The van der Waals surface area contributed by atoms with Crippen molar-refractivity contribution in [2.75, 3.05) is 24.2 Å². The van der Waals surface area contributed by atoms with Gasteiger partial charge in [-0.05, 0) is 74.8 Å². The van der Waals surface area contributed by atoms with E-state index in [0.717, 1.165) is 54.7 Å². The lowest BCUT2D eigenvalue weighted by atomic mass is 9.85. The van der Waals surface area contributed by atoms with E-state index in [1.54, 1.807) is 11.7 Å². The fourth-order valence-electron chi connectivity index (χ4n) is 6.31. The summed E-state index contributed by atoms with van der Waals surface area (Å²) in [6.07, 6.45) is 4.97. The standard InChI is InChI=1S/C33H44N8O2/c1-21-9-11-25(12-10-21)41-29(19-28(39-41)33(2,3)4)38-32(43)37-24-8-6-7-22(16-24)15-23-17-26-13-14-27(18-23)40(26)30(42)20-36-31(34)35-5/h6-12,16,19,23,26-27H,13-15,17-18,20H2,1-5H3,(H3,34,35,36)(H2,37,38,43). The zero-order chi connectivity index (χ0) is 30.7. The van der Waals surface area contributed by atoms with Crippen LogP contribution in [0.15, 0.2) is 59.6 Å². The van der Waals surface area contributed by atoms with Gasteiger partial charge in [0.1, 0.15) is 5.82 Å². The average Bonchev–Trinajstić information content (AvgIpc) is 3.50. The van der Waals surface area contributed by atoms with Crippen molar-refractivity contribution in [2.24, 2.45) is 16.6 Å². The number of hydrogen-bond acceptors (Lipinski definition) is 4. The van der Waals surface area contributed by atoms with Crippen LogP contribution in [0, 0.1) is 12.8 Å². The molecule has 0 spiro atoms. The topological polar surface area (TPSA) is 130 Å². The Morgan fingerprint density at radius 2 is 1.72 bits per heavy atom. The van der Waals surface area contributed by atoms with Crippen molar-refractivity contribution in [2.45, 2.75) is 77.3 Å². The molecule has 1 aromatic heterocycles. The normalized spacial score (nSPS) is 20.2. The second-order valence-corrected chi connectivity index (χ2v) is 12.9. The molecule has 3 heterocycles. The number of aliphatic imine (C=N–C) groups is 1. The Balaban J connectivity index is 1.22. The summed E-state index contributed by atoms with van der Waals surface area (Å²) in [7, 11) is 1.60. The lowest BCUT2D eigenvalue weighted by Crippen LogP contribution is -2.51. The van der Waals surface area contributed by atoms with Crippen LogP contribution in [0.1, 0.15) is 63.3 Å². The van der Waals surface area contributed by atoms with Gasteiger partial charge in [-0.25, -0.2) is 9.48 Å². The van der Waals surface area contributed by atoms with Crippen LogP contribution in [0.4, 0.5) is 16.3 Å². The number of rotatable bonds is 7. The molecular weight excluding hydrogens is 540 g/mol. The first-order valence-corrected chi connectivity index (χ1v) is 15.1. The van der Waals surface area contributed by atoms with Crippen LogP contribution in [0.2, 0.25) is 0 Å². The molecule has 3 aromatic rings. The molecule has 3 amide bonds. The first kappa shape index (κ1) is 30.1. The largest absolute Gasteiger partial charge is 0.370 e. The summed E-state index contributed by atoms with van der Waals surface area (Å²) in [5.74, 6) is 1.47. The molecule has 2 aliphatic heterocycles. The Bertz CT molecular complexity index is 1470. The molecule has 2 saturated heterocycles. The van der Waals surface area contributed by atoms with Crippen LogP contribution in [0.3, 0.4) is 0 Å². The number of carbonyl (C=O) groups excluding carboxylic acids is 2. The van der Waals surface area contributed by atoms with Crippen molar-refractivity contribution in [3.63, 3.8) is 0 Å². The zero-order valence-corrected chi connectivity index (χ0v) is 25.9. The molecule has 0 saturated carbocycles. The van der Waals surface area contributed by atoms with Crippen molar-refractivity contribution in [1.29, 1.82) is 0 Å². The number of anilines is 2. The summed E-state index contributed by atoms with van der Waals surface area (Å²) in [5.41, 5.74) is 10.4. The quantitative estimate of drug-likeness (QED) is 0.230. The number of urea groups is 1. The van der Waals surface area contributed by atoms with E-state index in [-0.39, 0.29) is 41.9 Å². The highest BCUT2D eigenvalue weighted by molar-refractivity contribution is 5.99. The molecule has 2 aliphatic rings. The SMILES string of the molecule is CN=C(N)NCC(=O)N1C2CCC1CC(Cc1cccc(NC(=O)Nc3cc(C(C)(C)C)nn3-c3ccc(C)cc3)c1)C2. The maximum Gasteiger partial charge on any atom is 0.324 e. The lowest BCUT2D eigenvalue weighted by Gasteiger charge is -2.39. The third-order valence-corrected chi connectivity index (χ3v) is 8.49. The Labute approximate surface area is 254 Å². The van der Waals surface area contributed by atoms with Gasteiger partial charge in [0.05, 0.1) is 17.9 Å². The summed E-state index contributed by atoms with van der Waals surface area (Å²) in [4.78, 5) is 32.0. The molecule has 2 atom stereocenters. The van der Waals surface area contributed by atoms with Crippen molar-refractivity contribution in [3.05, 3.63) is 71.4 Å². The molecule has 2 unspecified atom stereocenters. The minimum Gasteiger partial charge on any atom is -0.370 e. The maximum absolute atomic E-state index is 13.2. The first-order chi connectivity index (χ1) is 20.5. The van der Waals surface area contributed by atoms with Crippen LogP contribution < -0.4 is 21.7 Å². The minimum absolute atomic E-state index is 0.0908. The molecular formula is C33H44N8O2. The number of aromatic nitrogens is 2. The van der Waals surface area contributed by atoms with Crippen molar-refractivity contribution in [3.8, 4) is 5.69 Å². The zero-order valence-electron chi connectivity index (χ0n) is 25.9. The number of aryl methyl sites for hydroxylation is 1. The molecule has 228 valence electrons. The van der Waals surface area contributed by atoms with Crippen molar-refractivity contribution in [1.82, 2.24) is 20.0 Å². The van der Waals surface area contributed by atoms with Crippen LogP contribution in [0.25, 0.3) is 5.69 Å². The van der Waals surface area contributed by atoms with Gasteiger partial charge in [-0.2, -0.15) is 5.10 Å². The van der Waals surface area contributed by atoms with Gasteiger partial charge < -0.3 is 21.3 Å². The number of piperidine rings is 1. The Hall–Kier alpha value is -4.34. The maximum atomic E-state index is 13.2. The van der Waals surface area contributed by atoms with Gasteiger partial charge >= 0.3 is 6.03 Å². The third kappa shape index (κ3) is 7.18. The molecule has 0 aliphatic carbocycles. The predicted molar refractivity (Wildman–Crippen MR) is 172 cm³/mol. The number of fused-ring (bicyclic) bond motifs is 2. The molecule has 43 heavy (non-hydrogen) atoms. The van der Waals surface area contributed by atoms with Gasteiger partial charge in [-0.1, -0.05) is 50.6 Å². The van der Waals surface area contributed by atoms with E-state index in [1.165, 1.54) is 5.56 Å². The van der Waals surface area contributed by atoms with Gasteiger partial charge in [0.2, 0.25) is 5.91 Å². The molecule has 10 nitrogen and oxygen atoms in total. The second kappa shape index (κ2) is 12.5. The Morgan fingerprint density at radius 3 is 2.37 bits per heavy atom.